The van der Waals surface area contributed by atoms with Gasteiger partial charge in [0.25, 0.3) is 0 Å². The third kappa shape index (κ3) is 1.82. The number of fused-ring (bicyclic) bond motifs is 1. The van der Waals surface area contributed by atoms with Crippen molar-refractivity contribution in [3.05, 3.63) is 23.5 Å². The first-order chi connectivity index (χ1) is 8.14. The highest BCUT2D eigenvalue weighted by molar-refractivity contribution is 5.81. The smallest absolute Gasteiger partial charge is 0.368 e. The van der Waals surface area contributed by atoms with E-state index in [1.807, 2.05) is 0 Å². The summed E-state index contributed by atoms with van der Waals surface area (Å²) in [6.45, 7) is 3.45. The third-order valence-electron chi connectivity index (χ3n) is 3.00. The van der Waals surface area contributed by atoms with E-state index in [0.717, 1.165) is 12.2 Å². The van der Waals surface area contributed by atoms with Gasteiger partial charge < -0.3 is 11.5 Å². The van der Waals surface area contributed by atoms with Gasteiger partial charge in [-0.1, -0.05) is 13.8 Å². The summed E-state index contributed by atoms with van der Waals surface area (Å²) in [5.41, 5.74) is 12.0. The van der Waals surface area contributed by atoms with Gasteiger partial charge in [0.2, 0.25) is 5.96 Å². The standard InChI is InChI=1S/C10H14F3N5/c1-5(2)9(15)4-6(10(11,12)13)3-7-16-8(14)17-18(7)9/h3-5H,15H2,1-2H3,(H3,14,16,17). The van der Waals surface area contributed by atoms with Gasteiger partial charge in [0.15, 0.2) is 5.82 Å². The number of hydrogen-bond donors (Lipinski definition) is 3. The van der Waals surface area contributed by atoms with E-state index in [-0.39, 0.29) is 17.7 Å². The highest BCUT2D eigenvalue weighted by Gasteiger charge is 2.46. The van der Waals surface area contributed by atoms with Crippen molar-refractivity contribution >= 4 is 5.96 Å². The maximum atomic E-state index is 12.8. The molecule has 2 heterocycles. The Labute approximate surface area is 102 Å². The van der Waals surface area contributed by atoms with Gasteiger partial charge in [0, 0.05) is 0 Å². The van der Waals surface area contributed by atoms with Crippen molar-refractivity contribution in [3.8, 4) is 0 Å². The van der Waals surface area contributed by atoms with Gasteiger partial charge in [0.1, 0.15) is 5.66 Å². The van der Waals surface area contributed by atoms with Gasteiger partial charge >= 0.3 is 6.18 Å². The summed E-state index contributed by atoms with van der Waals surface area (Å²) < 4.78 is 38.4. The molecule has 0 amide bonds. The van der Waals surface area contributed by atoms with E-state index in [0.29, 0.717) is 0 Å². The number of nitrogens with one attached hydrogen (secondary N) is 1. The monoisotopic (exact) mass is 261 g/mol. The van der Waals surface area contributed by atoms with Crippen LogP contribution >= 0.6 is 0 Å². The second kappa shape index (κ2) is 3.64. The van der Waals surface area contributed by atoms with Crippen LogP contribution in [0.2, 0.25) is 0 Å². The Morgan fingerprint density at radius 3 is 2.56 bits per heavy atom. The van der Waals surface area contributed by atoms with Crippen LogP contribution in [0.5, 0.6) is 0 Å². The van der Waals surface area contributed by atoms with Crippen LogP contribution in [0, 0.1) is 5.92 Å². The molecule has 0 aromatic heterocycles. The zero-order valence-corrected chi connectivity index (χ0v) is 9.92. The van der Waals surface area contributed by atoms with Crippen LogP contribution in [0.25, 0.3) is 0 Å². The largest absolute Gasteiger partial charge is 0.416 e. The molecule has 0 aromatic rings. The highest BCUT2D eigenvalue weighted by atomic mass is 19.4. The van der Waals surface area contributed by atoms with Gasteiger partial charge in [-0.05, 0) is 18.1 Å². The zero-order chi connectivity index (χ0) is 13.7. The number of hydrogen-bond acceptors (Lipinski definition) is 5. The van der Waals surface area contributed by atoms with Crippen molar-refractivity contribution in [3.63, 3.8) is 0 Å². The lowest BCUT2D eigenvalue weighted by Crippen LogP contribution is -2.63. The average molecular weight is 261 g/mol. The Bertz CT molecular complexity index is 463. The van der Waals surface area contributed by atoms with Crippen LogP contribution in [-0.4, -0.2) is 22.8 Å². The van der Waals surface area contributed by atoms with Crippen LogP contribution in [-0.2, 0) is 0 Å². The molecule has 0 aromatic carbocycles. The number of nitrogens with zero attached hydrogens (tertiary/aromatic N) is 2. The van der Waals surface area contributed by atoms with Crippen LogP contribution < -0.4 is 16.9 Å². The van der Waals surface area contributed by atoms with Gasteiger partial charge in [0.05, 0.1) is 5.57 Å². The molecule has 0 saturated carbocycles. The minimum absolute atomic E-state index is 0.0218. The Morgan fingerprint density at radius 1 is 1.44 bits per heavy atom. The molecule has 0 saturated heterocycles. The van der Waals surface area contributed by atoms with E-state index in [1.165, 1.54) is 5.01 Å². The van der Waals surface area contributed by atoms with Crippen molar-refractivity contribution in [1.82, 2.24) is 10.4 Å². The predicted octanol–water partition coefficient (Wildman–Crippen LogP) is 0.776. The van der Waals surface area contributed by atoms with Crippen molar-refractivity contribution in [1.29, 1.82) is 0 Å². The van der Waals surface area contributed by atoms with Crippen LogP contribution in [0.3, 0.4) is 0 Å². The molecule has 0 spiro atoms. The number of allylic oxidation sites excluding steroid dienone is 2. The number of hydrazine groups is 1. The van der Waals surface area contributed by atoms with Crippen LogP contribution in [0.4, 0.5) is 13.2 Å². The molecule has 2 rings (SSSR count). The van der Waals surface area contributed by atoms with Gasteiger partial charge in [-0.2, -0.15) is 18.2 Å². The Hall–Kier alpha value is -1.70. The highest BCUT2D eigenvalue weighted by Crippen LogP contribution is 2.38. The summed E-state index contributed by atoms with van der Waals surface area (Å²) in [6.07, 6.45) is -2.56. The maximum absolute atomic E-state index is 12.8. The molecule has 100 valence electrons. The lowest BCUT2D eigenvalue weighted by atomic mass is 9.91. The van der Waals surface area contributed by atoms with Crippen molar-refractivity contribution in [2.75, 3.05) is 0 Å². The number of nitrogens with two attached hydrogens (primary N) is 2. The van der Waals surface area contributed by atoms with E-state index >= 15 is 0 Å². The molecule has 2 aliphatic heterocycles. The molecule has 1 unspecified atom stereocenters. The molecule has 1 atom stereocenters. The van der Waals surface area contributed by atoms with Crippen molar-refractivity contribution in [2.24, 2.45) is 22.4 Å². The minimum atomic E-state index is -4.47. The van der Waals surface area contributed by atoms with E-state index in [2.05, 4.69) is 10.4 Å². The summed E-state index contributed by atoms with van der Waals surface area (Å²) in [7, 11) is 0. The van der Waals surface area contributed by atoms with E-state index in [4.69, 9.17) is 11.5 Å². The van der Waals surface area contributed by atoms with Crippen molar-refractivity contribution < 1.29 is 13.2 Å². The number of halogens is 3. The van der Waals surface area contributed by atoms with Crippen LogP contribution in [0.1, 0.15) is 13.8 Å². The second-order valence-corrected chi connectivity index (χ2v) is 4.59. The molecule has 0 fully saturated rings. The fourth-order valence-electron chi connectivity index (χ4n) is 1.85. The summed E-state index contributed by atoms with van der Waals surface area (Å²) in [6, 6.07) is 0. The van der Waals surface area contributed by atoms with Crippen molar-refractivity contribution in [2.45, 2.75) is 25.7 Å². The average Bonchev–Trinajstić information content (AvgIpc) is 2.57. The molecular weight excluding hydrogens is 247 g/mol. The Morgan fingerprint density at radius 2 is 2.06 bits per heavy atom. The van der Waals surface area contributed by atoms with Gasteiger partial charge in [-0.25, -0.2) is 5.01 Å². The first-order valence-corrected chi connectivity index (χ1v) is 5.36. The third-order valence-corrected chi connectivity index (χ3v) is 3.00. The van der Waals surface area contributed by atoms with E-state index < -0.39 is 17.4 Å². The molecule has 8 heteroatoms. The lowest BCUT2D eigenvalue weighted by Gasteiger charge is -2.42. The fraction of sp³-hybridized carbons (Fsp3) is 0.500. The van der Waals surface area contributed by atoms with Gasteiger partial charge in [-0.15, -0.1) is 0 Å². The number of aliphatic imine (C=N–C) groups is 1. The normalized spacial score (nSPS) is 27.5. The summed E-state index contributed by atoms with van der Waals surface area (Å²) in [4.78, 5) is 3.80. The number of rotatable bonds is 1. The maximum Gasteiger partial charge on any atom is 0.416 e. The molecule has 18 heavy (non-hydrogen) atoms. The fourth-order valence-corrected chi connectivity index (χ4v) is 1.85. The first-order valence-electron chi connectivity index (χ1n) is 5.36. The molecule has 0 aliphatic carbocycles. The lowest BCUT2D eigenvalue weighted by molar-refractivity contribution is -0.0909. The Balaban J connectivity index is 2.52. The van der Waals surface area contributed by atoms with Crippen LogP contribution in [0.15, 0.2) is 28.5 Å². The summed E-state index contributed by atoms with van der Waals surface area (Å²) >= 11 is 0. The molecule has 0 bridgehead atoms. The van der Waals surface area contributed by atoms with Gasteiger partial charge in [-0.3, -0.25) is 5.43 Å². The molecule has 5 N–H and O–H groups in total. The minimum Gasteiger partial charge on any atom is -0.368 e. The molecule has 0 radical (unpaired) electrons. The SMILES string of the molecule is CC(C)C1(N)C=C(C(F)(F)F)C=C2N=C(N)NN21. The molecule has 5 nitrogen and oxygen atoms in total. The number of alkyl halides is 3. The first kappa shape index (κ1) is 12.7. The van der Waals surface area contributed by atoms with E-state index in [9.17, 15) is 13.2 Å². The summed E-state index contributed by atoms with van der Waals surface area (Å²) in [5, 5.41) is 1.35. The second-order valence-electron chi connectivity index (χ2n) is 4.59. The molecule has 2 aliphatic rings. The number of guanidine groups is 1. The topological polar surface area (TPSA) is 79.7 Å². The van der Waals surface area contributed by atoms with E-state index in [1.54, 1.807) is 13.8 Å². The molecular formula is C10H14F3N5. The predicted molar refractivity (Wildman–Crippen MR) is 60.6 cm³/mol. The Kier molecular flexibility index (Phi) is 2.58. The summed E-state index contributed by atoms with van der Waals surface area (Å²) in [5.74, 6) is -0.181. The quantitative estimate of drug-likeness (QED) is 0.651. The zero-order valence-electron chi connectivity index (χ0n) is 9.92.